The molecule has 6 nitrogen and oxygen atoms in total. The first-order valence-corrected chi connectivity index (χ1v) is 6.01. The number of urea groups is 1. The second-order valence-electron chi connectivity index (χ2n) is 3.75. The Morgan fingerprint density at radius 2 is 2.24 bits per heavy atom. The Morgan fingerprint density at radius 1 is 1.35 bits per heavy atom. The van der Waals surface area contributed by atoms with E-state index in [1.54, 1.807) is 0 Å². The van der Waals surface area contributed by atoms with Crippen molar-refractivity contribution >= 4 is 23.3 Å². The molecule has 7 heteroatoms. The van der Waals surface area contributed by atoms with Crippen LogP contribution in [-0.4, -0.2) is 18.5 Å². The van der Waals surface area contributed by atoms with Crippen LogP contribution in [0.15, 0.2) is 28.8 Å². The molecule has 88 valence electrons. The Morgan fingerprint density at radius 3 is 3.00 bits per heavy atom. The van der Waals surface area contributed by atoms with Crippen LogP contribution in [-0.2, 0) is 4.79 Å². The topological polar surface area (TPSA) is 82.3 Å². The summed E-state index contributed by atoms with van der Waals surface area (Å²) >= 11 is 1.51. The van der Waals surface area contributed by atoms with Crippen LogP contribution in [0.4, 0.5) is 4.79 Å². The molecule has 0 bridgehead atoms. The molecule has 0 spiro atoms. The Labute approximate surface area is 101 Å². The molecule has 0 fully saturated rings. The number of carbonyl (C=O) groups excluding carboxylic acids is 2. The molecule has 3 amide bonds. The van der Waals surface area contributed by atoms with Gasteiger partial charge in [-0.1, -0.05) is 6.07 Å². The van der Waals surface area contributed by atoms with Gasteiger partial charge in [0.05, 0.1) is 18.2 Å². The lowest BCUT2D eigenvalue weighted by molar-refractivity contribution is -0.119. The molecule has 3 heterocycles. The molecule has 2 aliphatic rings. The van der Waals surface area contributed by atoms with E-state index >= 15 is 0 Å². The summed E-state index contributed by atoms with van der Waals surface area (Å²) in [7, 11) is 0. The summed E-state index contributed by atoms with van der Waals surface area (Å²) in [6.07, 6.45) is 0. The Bertz CT molecular complexity index is 508. The second kappa shape index (κ2) is 3.86. The smallest absolute Gasteiger partial charge is 0.319 e. The minimum absolute atomic E-state index is 0.211. The third-order valence-corrected chi connectivity index (χ3v) is 3.63. The molecule has 1 atom stereocenters. The molecular weight excluding hydrogens is 240 g/mol. The standard InChI is InChI=1S/C10H10N4O2S/c15-9-7-5(4-11-14-9)12-10(16)13-8(7)6-2-1-3-17-6/h1-3,8,11H,4H2,(H,14,15)(H2,12,13,16)/t8-/m0/s1. The van der Waals surface area contributed by atoms with Gasteiger partial charge in [-0.25, -0.2) is 10.2 Å². The van der Waals surface area contributed by atoms with Crippen molar-refractivity contribution in [3.8, 4) is 0 Å². The maximum Gasteiger partial charge on any atom is 0.319 e. The summed E-state index contributed by atoms with van der Waals surface area (Å²) in [6, 6.07) is 3.16. The van der Waals surface area contributed by atoms with Crippen LogP contribution in [0.1, 0.15) is 10.9 Å². The number of amides is 3. The van der Waals surface area contributed by atoms with Gasteiger partial charge in [-0.15, -0.1) is 11.3 Å². The van der Waals surface area contributed by atoms with E-state index in [9.17, 15) is 9.59 Å². The summed E-state index contributed by atoms with van der Waals surface area (Å²) in [6.45, 7) is 0.427. The zero-order chi connectivity index (χ0) is 11.8. The summed E-state index contributed by atoms with van der Waals surface area (Å²) in [5.41, 5.74) is 6.49. The first-order chi connectivity index (χ1) is 8.25. The Hall–Kier alpha value is -1.86. The van der Waals surface area contributed by atoms with Gasteiger partial charge in [0.2, 0.25) is 0 Å². The first-order valence-electron chi connectivity index (χ1n) is 5.13. The van der Waals surface area contributed by atoms with Crippen molar-refractivity contribution in [1.29, 1.82) is 0 Å². The molecule has 0 aliphatic carbocycles. The second-order valence-corrected chi connectivity index (χ2v) is 4.73. The largest absolute Gasteiger partial charge is 0.326 e. The third-order valence-electron chi connectivity index (χ3n) is 2.69. The zero-order valence-electron chi connectivity index (χ0n) is 8.74. The molecule has 0 aromatic carbocycles. The van der Waals surface area contributed by atoms with Crippen LogP contribution in [0.5, 0.6) is 0 Å². The number of thiophene rings is 1. The number of hydrogen-bond acceptors (Lipinski definition) is 4. The highest BCUT2D eigenvalue weighted by atomic mass is 32.1. The van der Waals surface area contributed by atoms with E-state index in [1.807, 2.05) is 17.5 Å². The third kappa shape index (κ3) is 1.69. The molecule has 1 aromatic rings. The predicted molar refractivity (Wildman–Crippen MR) is 61.9 cm³/mol. The van der Waals surface area contributed by atoms with Crippen molar-refractivity contribution in [2.24, 2.45) is 0 Å². The van der Waals surface area contributed by atoms with Gasteiger partial charge in [-0.2, -0.15) is 0 Å². The van der Waals surface area contributed by atoms with Crippen molar-refractivity contribution in [1.82, 2.24) is 21.5 Å². The van der Waals surface area contributed by atoms with Crippen LogP contribution in [0.25, 0.3) is 0 Å². The summed E-state index contributed by atoms with van der Waals surface area (Å²) < 4.78 is 0. The van der Waals surface area contributed by atoms with E-state index in [4.69, 9.17) is 0 Å². The van der Waals surface area contributed by atoms with Crippen molar-refractivity contribution in [3.05, 3.63) is 33.7 Å². The SMILES string of the molecule is O=C1NC2=C(C(=O)NNC2)[C@H](c2cccs2)N1. The summed E-state index contributed by atoms with van der Waals surface area (Å²) in [5.74, 6) is -0.211. The van der Waals surface area contributed by atoms with Gasteiger partial charge in [-0.05, 0) is 11.4 Å². The maximum atomic E-state index is 11.8. The van der Waals surface area contributed by atoms with Gasteiger partial charge in [-0.3, -0.25) is 10.2 Å². The van der Waals surface area contributed by atoms with Crippen LogP contribution in [0.2, 0.25) is 0 Å². The fraction of sp³-hybridized carbons (Fsp3) is 0.200. The van der Waals surface area contributed by atoms with E-state index in [0.29, 0.717) is 17.8 Å². The molecule has 4 N–H and O–H groups in total. The highest BCUT2D eigenvalue weighted by Crippen LogP contribution is 2.30. The highest BCUT2D eigenvalue weighted by Gasteiger charge is 2.34. The summed E-state index contributed by atoms with van der Waals surface area (Å²) in [5, 5.41) is 7.33. The minimum atomic E-state index is -0.360. The lowest BCUT2D eigenvalue weighted by Gasteiger charge is -2.31. The van der Waals surface area contributed by atoms with Gasteiger partial charge in [0.1, 0.15) is 0 Å². The monoisotopic (exact) mass is 250 g/mol. The van der Waals surface area contributed by atoms with Crippen molar-refractivity contribution < 1.29 is 9.59 Å². The quantitative estimate of drug-likeness (QED) is 0.566. The number of hydrogen-bond donors (Lipinski definition) is 4. The van der Waals surface area contributed by atoms with Gasteiger partial charge < -0.3 is 10.6 Å². The molecule has 3 rings (SSSR count). The number of carbonyl (C=O) groups is 2. The van der Waals surface area contributed by atoms with Crippen LogP contribution in [0.3, 0.4) is 0 Å². The zero-order valence-corrected chi connectivity index (χ0v) is 9.56. The number of rotatable bonds is 1. The highest BCUT2D eigenvalue weighted by molar-refractivity contribution is 7.10. The molecule has 0 radical (unpaired) electrons. The van der Waals surface area contributed by atoms with Crippen molar-refractivity contribution in [3.63, 3.8) is 0 Å². The van der Waals surface area contributed by atoms with E-state index < -0.39 is 0 Å². The molecule has 1 aromatic heterocycles. The lowest BCUT2D eigenvalue weighted by Crippen LogP contribution is -2.55. The maximum absolute atomic E-state index is 11.8. The fourth-order valence-electron chi connectivity index (χ4n) is 1.97. The Balaban J connectivity index is 2.07. The lowest BCUT2D eigenvalue weighted by atomic mass is 9.99. The molecular formula is C10H10N4O2S. The van der Waals surface area contributed by atoms with Crippen molar-refractivity contribution in [2.45, 2.75) is 6.04 Å². The predicted octanol–water partition coefficient (Wildman–Crippen LogP) is -0.00950. The van der Waals surface area contributed by atoms with E-state index in [1.165, 1.54) is 11.3 Å². The van der Waals surface area contributed by atoms with Crippen LogP contribution < -0.4 is 21.5 Å². The average molecular weight is 250 g/mol. The molecule has 0 saturated heterocycles. The van der Waals surface area contributed by atoms with Gasteiger partial charge in [0.25, 0.3) is 5.91 Å². The molecule has 0 saturated carbocycles. The minimum Gasteiger partial charge on any atom is -0.326 e. The first kappa shape index (κ1) is 10.3. The van der Waals surface area contributed by atoms with E-state index in [2.05, 4.69) is 21.5 Å². The molecule has 2 aliphatic heterocycles. The number of nitrogens with one attached hydrogen (secondary N) is 4. The van der Waals surface area contributed by atoms with Crippen LogP contribution >= 0.6 is 11.3 Å². The number of hydrazine groups is 1. The molecule has 0 unspecified atom stereocenters. The van der Waals surface area contributed by atoms with E-state index in [-0.39, 0.29) is 18.0 Å². The fourth-order valence-corrected chi connectivity index (χ4v) is 2.76. The summed E-state index contributed by atoms with van der Waals surface area (Å²) in [4.78, 5) is 24.3. The molecule has 17 heavy (non-hydrogen) atoms. The Kier molecular flexibility index (Phi) is 2.34. The van der Waals surface area contributed by atoms with Crippen LogP contribution in [0, 0.1) is 0 Å². The van der Waals surface area contributed by atoms with Gasteiger partial charge >= 0.3 is 6.03 Å². The normalized spacial score (nSPS) is 23.6. The average Bonchev–Trinajstić information content (AvgIpc) is 2.81. The van der Waals surface area contributed by atoms with E-state index in [0.717, 1.165) is 4.88 Å². The van der Waals surface area contributed by atoms with Gasteiger partial charge in [0, 0.05) is 10.6 Å². The van der Waals surface area contributed by atoms with Gasteiger partial charge in [0.15, 0.2) is 0 Å². The van der Waals surface area contributed by atoms with Crippen molar-refractivity contribution in [2.75, 3.05) is 6.54 Å².